The molecular weight excluding hydrogens is 324 g/mol. The van der Waals surface area contributed by atoms with E-state index in [2.05, 4.69) is 10.5 Å². The van der Waals surface area contributed by atoms with Crippen LogP contribution in [0.3, 0.4) is 0 Å². The maximum atomic E-state index is 12.1. The monoisotopic (exact) mass is 340 g/mol. The van der Waals surface area contributed by atoms with Crippen molar-refractivity contribution in [3.63, 3.8) is 0 Å². The van der Waals surface area contributed by atoms with Gasteiger partial charge in [0.1, 0.15) is 0 Å². The van der Waals surface area contributed by atoms with Crippen molar-refractivity contribution in [1.29, 1.82) is 0 Å². The van der Waals surface area contributed by atoms with Crippen LogP contribution in [-0.2, 0) is 22.0 Å². The molecule has 0 unspecified atom stereocenters. The van der Waals surface area contributed by atoms with Gasteiger partial charge in [0.2, 0.25) is 5.91 Å². The first-order valence-corrected chi connectivity index (χ1v) is 8.92. The number of benzene rings is 2. The summed E-state index contributed by atoms with van der Waals surface area (Å²) in [5, 5.41) is 6.72. The molecule has 0 spiro atoms. The number of anilines is 1. The molecule has 1 aromatic heterocycles. The Balaban J connectivity index is 1.66. The minimum absolute atomic E-state index is 0.107. The maximum absolute atomic E-state index is 12.1. The van der Waals surface area contributed by atoms with Crippen molar-refractivity contribution in [1.82, 2.24) is 5.16 Å². The van der Waals surface area contributed by atoms with Gasteiger partial charge < -0.3 is 9.84 Å². The van der Waals surface area contributed by atoms with Crippen LogP contribution in [0.1, 0.15) is 5.69 Å². The maximum Gasteiger partial charge on any atom is 0.230 e. The molecule has 0 bridgehead atoms. The fraction of sp³-hybridized carbons (Fsp3) is 0.111. The molecule has 24 heavy (non-hydrogen) atoms. The van der Waals surface area contributed by atoms with Crippen LogP contribution in [0.2, 0.25) is 0 Å². The zero-order chi connectivity index (χ0) is 16.9. The minimum Gasteiger partial charge on any atom is -0.356 e. The first-order valence-electron chi connectivity index (χ1n) is 7.36. The lowest BCUT2D eigenvalue weighted by Crippen LogP contribution is -2.14. The number of nitrogens with zero attached hydrogens (tertiary/aromatic N) is 1. The van der Waals surface area contributed by atoms with E-state index in [1.54, 1.807) is 36.6 Å². The molecule has 3 aromatic rings. The summed E-state index contributed by atoms with van der Waals surface area (Å²) in [4.78, 5) is 12.8. The molecular formula is C18H16N2O3S. The van der Waals surface area contributed by atoms with Crippen molar-refractivity contribution >= 4 is 22.4 Å². The Morgan fingerprint density at radius 1 is 1.12 bits per heavy atom. The summed E-state index contributed by atoms with van der Waals surface area (Å²) in [6, 6.07) is 18.3. The van der Waals surface area contributed by atoms with Gasteiger partial charge in [-0.3, -0.25) is 9.00 Å². The Morgan fingerprint density at radius 3 is 2.67 bits per heavy atom. The van der Waals surface area contributed by atoms with Crippen molar-refractivity contribution in [2.24, 2.45) is 0 Å². The largest absolute Gasteiger partial charge is 0.356 e. The van der Waals surface area contributed by atoms with Gasteiger partial charge in [-0.05, 0) is 18.2 Å². The lowest BCUT2D eigenvalue weighted by atomic mass is 10.1. The second-order valence-electron chi connectivity index (χ2n) is 5.26. The van der Waals surface area contributed by atoms with E-state index in [9.17, 15) is 9.00 Å². The van der Waals surface area contributed by atoms with E-state index in [0.717, 1.165) is 5.56 Å². The van der Waals surface area contributed by atoms with Crippen molar-refractivity contribution in [3.8, 4) is 11.3 Å². The lowest BCUT2D eigenvalue weighted by Gasteiger charge is -2.05. The van der Waals surface area contributed by atoms with Crippen molar-refractivity contribution in [3.05, 3.63) is 66.4 Å². The number of hydrogen-bond donors (Lipinski definition) is 1. The zero-order valence-electron chi connectivity index (χ0n) is 13.1. The molecule has 0 fully saturated rings. The lowest BCUT2D eigenvalue weighted by molar-refractivity contribution is -0.115. The second-order valence-corrected chi connectivity index (χ2v) is 6.64. The van der Waals surface area contributed by atoms with Crippen LogP contribution in [0, 0.1) is 0 Å². The molecule has 0 radical (unpaired) electrons. The van der Waals surface area contributed by atoms with E-state index >= 15 is 0 Å². The van der Waals surface area contributed by atoms with Crippen LogP contribution in [0.5, 0.6) is 0 Å². The summed E-state index contributed by atoms with van der Waals surface area (Å²) >= 11 is 0. The van der Waals surface area contributed by atoms with Gasteiger partial charge in [0.25, 0.3) is 0 Å². The van der Waals surface area contributed by atoms with E-state index in [-0.39, 0.29) is 12.3 Å². The summed E-state index contributed by atoms with van der Waals surface area (Å²) in [6.07, 6.45) is 1.71. The Kier molecular flexibility index (Phi) is 4.86. The summed E-state index contributed by atoms with van der Waals surface area (Å²) in [6.45, 7) is 0. The molecule has 5 nitrogen and oxygen atoms in total. The molecule has 0 aliphatic carbocycles. The average molecular weight is 340 g/mol. The summed E-state index contributed by atoms with van der Waals surface area (Å²) in [5.41, 5.74) is 2.08. The average Bonchev–Trinajstić information content (AvgIpc) is 3.04. The van der Waals surface area contributed by atoms with E-state index in [4.69, 9.17) is 4.52 Å². The van der Waals surface area contributed by atoms with Crippen LogP contribution < -0.4 is 5.32 Å². The predicted molar refractivity (Wildman–Crippen MR) is 93.0 cm³/mol. The molecule has 1 atom stereocenters. The summed E-state index contributed by atoms with van der Waals surface area (Å²) < 4.78 is 16.8. The quantitative estimate of drug-likeness (QED) is 0.774. The first kappa shape index (κ1) is 16.1. The molecule has 0 aliphatic rings. The molecule has 0 saturated heterocycles. The molecule has 0 saturated carbocycles. The van der Waals surface area contributed by atoms with Gasteiger partial charge >= 0.3 is 0 Å². The zero-order valence-corrected chi connectivity index (χ0v) is 13.9. The fourth-order valence-corrected chi connectivity index (χ4v) is 2.82. The third-order valence-electron chi connectivity index (χ3n) is 3.41. The van der Waals surface area contributed by atoms with Crippen LogP contribution in [0.25, 0.3) is 11.3 Å². The van der Waals surface area contributed by atoms with E-state index in [1.807, 2.05) is 30.3 Å². The second kappa shape index (κ2) is 7.23. The SMILES string of the molecule is C[S@](=O)c1cccc(NC(=O)Cc2cc(-c3ccccc3)on2)c1. The normalized spacial score (nSPS) is 11.9. The fourth-order valence-electron chi connectivity index (χ4n) is 2.26. The number of nitrogens with one attached hydrogen (secondary N) is 1. The minimum atomic E-state index is -1.09. The number of carbonyl (C=O) groups excluding carboxylic acids is 1. The van der Waals surface area contributed by atoms with Crippen LogP contribution >= 0.6 is 0 Å². The van der Waals surface area contributed by atoms with Gasteiger partial charge in [-0.15, -0.1) is 0 Å². The standard InChI is InChI=1S/C18H16N2O3S/c1-24(22)16-9-5-8-14(10-16)19-18(21)12-15-11-17(23-20-15)13-6-3-2-4-7-13/h2-11H,12H2,1H3,(H,19,21)/t24-/m0/s1. The Labute approximate surface area is 142 Å². The number of carbonyl (C=O) groups is 1. The Hall–Kier alpha value is -2.73. The van der Waals surface area contributed by atoms with E-state index < -0.39 is 10.8 Å². The number of aromatic nitrogens is 1. The van der Waals surface area contributed by atoms with Crippen molar-refractivity contribution < 1.29 is 13.5 Å². The third kappa shape index (κ3) is 3.97. The van der Waals surface area contributed by atoms with Gasteiger partial charge in [-0.1, -0.05) is 41.6 Å². The topological polar surface area (TPSA) is 72.2 Å². The first-order chi connectivity index (χ1) is 11.6. The van der Waals surface area contributed by atoms with Gasteiger partial charge in [0, 0.05) is 39.3 Å². The molecule has 2 aromatic carbocycles. The van der Waals surface area contributed by atoms with Crippen LogP contribution in [0.4, 0.5) is 5.69 Å². The van der Waals surface area contributed by atoms with E-state index in [1.165, 1.54) is 0 Å². The molecule has 1 amide bonds. The molecule has 1 N–H and O–H groups in total. The summed E-state index contributed by atoms with van der Waals surface area (Å²) in [5.74, 6) is 0.420. The Morgan fingerprint density at radius 2 is 1.92 bits per heavy atom. The molecule has 1 heterocycles. The number of amides is 1. The van der Waals surface area contributed by atoms with Crippen molar-refractivity contribution in [2.75, 3.05) is 11.6 Å². The van der Waals surface area contributed by atoms with Gasteiger partial charge in [-0.25, -0.2) is 0 Å². The molecule has 122 valence electrons. The molecule has 3 rings (SSSR count). The van der Waals surface area contributed by atoms with Crippen LogP contribution in [0.15, 0.2) is 70.1 Å². The van der Waals surface area contributed by atoms with Crippen molar-refractivity contribution in [2.45, 2.75) is 11.3 Å². The molecule has 6 heteroatoms. The highest BCUT2D eigenvalue weighted by molar-refractivity contribution is 7.84. The molecule has 0 aliphatic heterocycles. The van der Waals surface area contributed by atoms with Gasteiger partial charge in [0.15, 0.2) is 5.76 Å². The summed E-state index contributed by atoms with van der Waals surface area (Å²) in [7, 11) is -1.09. The van der Waals surface area contributed by atoms with Crippen LogP contribution in [-0.4, -0.2) is 21.5 Å². The van der Waals surface area contributed by atoms with Gasteiger partial charge in [-0.2, -0.15) is 0 Å². The predicted octanol–water partition coefficient (Wildman–Crippen LogP) is 3.26. The number of hydrogen-bond acceptors (Lipinski definition) is 4. The highest BCUT2D eigenvalue weighted by atomic mass is 32.2. The smallest absolute Gasteiger partial charge is 0.230 e. The highest BCUT2D eigenvalue weighted by Crippen LogP contribution is 2.20. The third-order valence-corrected chi connectivity index (χ3v) is 4.33. The number of rotatable bonds is 5. The Bertz CT molecular complexity index is 875. The highest BCUT2D eigenvalue weighted by Gasteiger charge is 2.11. The van der Waals surface area contributed by atoms with Gasteiger partial charge in [0.05, 0.1) is 12.1 Å². The van der Waals surface area contributed by atoms with E-state index in [0.29, 0.717) is 22.0 Å².